The van der Waals surface area contributed by atoms with Crippen molar-refractivity contribution in [3.8, 4) is 5.75 Å². The van der Waals surface area contributed by atoms with Crippen molar-refractivity contribution in [1.29, 1.82) is 0 Å². The number of hydrogen-bond acceptors (Lipinski definition) is 1. The van der Waals surface area contributed by atoms with Crippen molar-refractivity contribution >= 4 is 0 Å². The van der Waals surface area contributed by atoms with E-state index in [0.29, 0.717) is 12.2 Å². The van der Waals surface area contributed by atoms with Crippen LogP contribution in [0.4, 0.5) is 13.2 Å². The number of fused-ring (bicyclic) bond motifs is 1. The van der Waals surface area contributed by atoms with Gasteiger partial charge in [-0.05, 0) is 32.0 Å². The Morgan fingerprint density at radius 2 is 1.94 bits per heavy atom. The Hall–Kier alpha value is -0.940. The van der Waals surface area contributed by atoms with Gasteiger partial charge in [-0.15, -0.1) is 0 Å². The van der Waals surface area contributed by atoms with E-state index in [1.54, 1.807) is 0 Å². The summed E-state index contributed by atoms with van der Waals surface area (Å²) in [5.41, 5.74) is 3.56. The molecule has 0 radical (unpaired) electrons. The van der Waals surface area contributed by atoms with E-state index in [1.165, 1.54) is 6.07 Å². The van der Waals surface area contributed by atoms with Crippen LogP contribution in [0.15, 0.2) is 18.2 Å². The molecule has 1 atom stereocenters. The molecule has 6 heteroatoms. The highest BCUT2D eigenvalue weighted by molar-refractivity contribution is 5.41. The Morgan fingerprint density at radius 1 is 1.33 bits per heavy atom. The van der Waals surface area contributed by atoms with E-state index in [2.05, 4.69) is 5.73 Å². The van der Waals surface area contributed by atoms with E-state index >= 15 is 0 Å². The van der Waals surface area contributed by atoms with Crippen LogP contribution < -0.4 is 22.9 Å². The van der Waals surface area contributed by atoms with Gasteiger partial charge in [0.15, 0.2) is 0 Å². The molecule has 1 aliphatic rings. The highest BCUT2D eigenvalue weighted by atomic mass is 35.5. The van der Waals surface area contributed by atoms with Gasteiger partial charge in [0, 0.05) is 6.42 Å². The highest BCUT2D eigenvalue weighted by Crippen LogP contribution is 2.40. The predicted octanol–water partition coefficient (Wildman–Crippen LogP) is -0.446. The van der Waals surface area contributed by atoms with Gasteiger partial charge in [0.25, 0.3) is 0 Å². The zero-order chi connectivity index (χ0) is 12.8. The van der Waals surface area contributed by atoms with Crippen LogP contribution in [0.25, 0.3) is 0 Å². The molecule has 0 aliphatic carbocycles. The maximum atomic E-state index is 12.6. The lowest BCUT2D eigenvalue weighted by molar-refractivity contribution is -0.435. The normalized spacial score (nSPS) is 21.6. The predicted molar refractivity (Wildman–Crippen MR) is 56.4 cm³/mol. The summed E-state index contributed by atoms with van der Waals surface area (Å²) in [4.78, 5) is 0. The Labute approximate surface area is 110 Å². The molecule has 0 spiro atoms. The summed E-state index contributed by atoms with van der Waals surface area (Å²) in [6.45, 7) is 3.71. The van der Waals surface area contributed by atoms with Crippen LogP contribution in [0.5, 0.6) is 5.75 Å². The molecule has 1 heterocycles. The van der Waals surface area contributed by atoms with Crippen LogP contribution in [0.1, 0.15) is 37.4 Å². The summed E-state index contributed by atoms with van der Waals surface area (Å²) < 4.78 is 43.3. The number of hydrogen-bond donors (Lipinski definition) is 1. The fourth-order valence-corrected chi connectivity index (χ4v) is 2.18. The molecule has 0 bridgehead atoms. The van der Waals surface area contributed by atoms with Crippen LogP contribution in [-0.2, 0) is 6.18 Å². The summed E-state index contributed by atoms with van der Waals surface area (Å²) >= 11 is 0. The quantitative estimate of drug-likeness (QED) is 0.687. The average Bonchev–Trinajstić information content (AvgIpc) is 2.13. The molecular formula is C12H15ClF3NO. The summed E-state index contributed by atoms with van der Waals surface area (Å²) in [6, 6.07) is 3.58. The Bertz CT molecular complexity index is 445. The number of alkyl halides is 3. The van der Waals surface area contributed by atoms with Gasteiger partial charge in [0.2, 0.25) is 0 Å². The lowest BCUT2D eigenvalue weighted by atomic mass is 9.90. The second kappa shape index (κ2) is 4.63. The van der Waals surface area contributed by atoms with Crippen molar-refractivity contribution < 1.29 is 36.0 Å². The van der Waals surface area contributed by atoms with Crippen LogP contribution >= 0.6 is 0 Å². The summed E-state index contributed by atoms with van der Waals surface area (Å²) in [5.74, 6) is 0.302. The molecule has 102 valence electrons. The largest absolute Gasteiger partial charge is 1.00 e. The van der Waals surface area contributed by atoms with Crippen LogP contribution in [0.2, 0.25) is 0 Å². The van der Waals surface area contributed by atoms with Gasteiger partial charge in [-0.3, -0.25) is 0 Å². The lowest BCUT2D eigenvalue weighted by Crippen LogP contribution is -3.00. The van der Waals surface area contributed by atoms with E-state index in [4.69, 9.17) is 4.74 Å². The van der Waals surface area contributed by atoms with Crippen molar-refractivity contribution in [1.82, 2.24) is 0 Å². The SMILES string of the molecule is CC1(C)C[C@@H]([NH3+])c2ccc(C(F)(F)F)cc2O1.[Cl-]. The standard InChI is InChI=1S/C12H14F3NO.ClH/c1-11(2)6-9(16)8-4-3-7(12(13,14)15)5-10(8)17-11;/h3-5,9H,6,16H2,1-2H3;1H/t9-;/m1./s1. The van der Waals surface area contributed by atoms with E-state index in [1.807, 2.05) is 13.8 Å². The molecule has 0 saturated heterocycles. The van der Waals surface area contributed by atoms with Gasteiger partial charge < -0.3 is 22.9 Å². The van der Waals surface area contributed by atoms with E-state index < -0.39 is 17.3 Å². The fraction of sp³-hybridized carbons (Fsp3) is 0.500. The number of rotatable bonds is 0. The third-order valence-corrected chi connectivity index (χ3v) is 2.90. The Morgan fingerprint density at radius 3 is 2.50 bits per heavy atom. The molecule has 2 nitrogen and oxygen atoms in total. The summed E-state index contributed by atoms with van der Waals surface area (Å²) in [7, 11) is 0. The first-order chi connectivity index (χ1) is 7.69. The second-order valence-corrected chi connectivity index (χ2v) is 5.01. The zero-order valence-corrected chi connectivity index (χ0v) is 10.9. The number of quaternary nitrogens is 1. The minimum absolute atomic E-state index is 0. The van der Waals surface area contributed by atoms with Gasteiger partial charge in [0.05, 0.1) is 11.1 Å². The second-order valence-electron chi connectivity index (χ2n) is 5.01. The van der Waals surface area contributed by atoms with Gasteiger partial charge in [-0.2, -0.15) is 13.2 Å². The lowest BCUT2D eigenvalue weighted by Gasteiger charge is -2.34. The zero-order valence-electron chi connectivity index (χ0n) is 10.1. The molecule has 0 amide bonds. The van der Waals surface area contributed by atoms with E-state index in [0.717, 1.165) is 17.7 Å². The topological polar surface area (TPSA) is 36.9 Å². The van der Waals surface area contributed by atoms with Crippen molar-refractivity contribution in [3.63, 3.8) is 0 Å². The van der Waals surface area contributed by atoms with E-state index in [9.17, 15) is 13.2 Å². The van der Waals surface area contributed by atoms with Crippen LogP contribution in [-0.4, -0.2) is 5.60 Å². The monoisotopic (exact) mass is 281 g/mol. The first-order valence-corrected chi connectivity index (χ1v) is 5.42. The molecule has 1 aromatic carbocycles. The maximum absolute atomic E-state index is 12.6. The number of halogens is 4. The molecule has 18 heavy (non-hydrogen) atoms. The molecule has 0 aromatic heterocycles. The summed E-state index contributed by atoms with van der Waals surface area (Å²) in [5, 5.41) is 0. The average molecular weight is 282 g/mol. The number of ether oxygens (including phenoxy) is 1. The molecule has 2 rings (SSSR count). The molecule has 1 aromatic rings. The minimum Gasteiger partial charge on any atom is -1.00 e. The fourth-order valence-electron chi connectivity index (χ4n) is 2.18. The van der Waals surface area contributed by atoms with Crippen molar-refractivity contribution in [2.75, 3.05) is 0 Å². The van der Waals surface area contributed by atoms with E-state index in [-0.39, 0.29) is 18.4 Å². The highest BCUT2D eigenvalue weighted by Gasteiger charge is 2.37. The van der Waals surface area contributed by atoms with Crippen molar-refractivity contribution in [2.45, 2.75) is 38.1 Å². The van der Waals surface area contributed by atoms with Gasteiger partial charge >= 0.3 is 6.18 Å². The Balaban J connectivity index is 0.00000162. The first-order valence-electron chi connectivity index (χ1n) is 5.42. The third kappa shape index (κ3) is 2.90. The smallest absolute Gasteiger partial charge is 0.416 e. The number of benzene rings is 1. The molecular weight excluding hydrogens is 267 g/mol. The minimum atomic E-state index is -4.34. The molecule has 1 aliphatic heterocycles. The molecule has 0 saturated carbocycles. The molecule has 3 N–H and O–H groups in total. The maximum Gasteiger partial charge on any atom is 0.416 e. The third-order valence-electron chi connectivity index (χ3n) is 2.90. The van der Waals surface area contributed by atoms with Gasteiger partial charge in [-0.1, -0.05) is 0 Å². The van der Waals surface area contributed by atoms with Gasteiger partial charge in [-0.25, -0.2) is 0 Å². The molecule has 0 unspecified atom stereocenters. The molecule has 0 fully saturated rings. The van der Waals surface area contributed by atoms with Crippen LogP contribution in [0.3, 0.4) is 0 Å². The first kappa shape index (κ1) is 15.1. The summed E-state index contributed by atoms with van der Waals surface area (Å²) in [6.07, 6.45) is -3.64. The van der Waals surface area contributed by atoms with Crippen molar-refractivity contribution in [3.05, 3.63) is 29.3 Å². The van der Waals surface area contributed by atoms with Gasteiger partial charge in [0.1, 0.15) is 17.4 Å². The Kier molecular flexibility index (Phi) is 3.89. The van der Waals surface area contributed by atoms with Crippen molar-refractivity contribution in [2.24, 2.45) is 0 Å². The van der Waals surface area contributed by atoms with Crippen LogP contribution in [0, 0.1) is 0 Å².